The molecular formula is C10H16SSn. The first-order valence-corrected chi connectivity index (χ1v) is 15.6. The first-order valence-electron chi connectivity index (χ1n) is 4.69. The van der Waals surface area contributed by atoms with Crippen molar-refractivity contribution >= 4 is 32.6 Å². The van der Waals surface area contributed by atoms with Crippen LogP contribution in [0.1, 0.15) is 17.5 Å². The Labute approximate surface area is 82.9 Å². The Hall–Kier alpha value is 0.499. The average Bonchev–Trinajstić information content (AvgIpc) is 2.37. The van der Waals surface area contributed by atoms with Crippen LogP contribution in [0.25, 0.3) is 0 Å². The molecule has 0 amide bonds. The number of fused-ring (bicyclic) bond motifs is 1. The summed E-state index contributed by atoms with van der Waals surface area (Å²) in [5.41, 5.74) is 3.45. The third-order valence-corrected chi connectivity index (χ3v) is 13.3. The van der Waals surface area contributed by atoms with Crippen LogP contribution in [-0.4, -0.2) is 18.4 Å². The molecule has 0 bridgehead atoms. The van der Waals surface area contributed by atoms with E-state index in [0.29, 0.717) is 0 Å². The molecule has 0 fully saturated rings. The summed E-state index contributed by atoms with van der Waals surface area (Å²) in [6.07, 6.45) is 4.14. The molecule has 1 aromatic heterocycles. The van der Waals surface area contributed by atoms with E-state index in [2.05, 4.69) is 31.5 Å². The van der Waals surface area contributed by atoms with Crippen molar-refractivity contribution in [1.82, 2.24) is 0 Å². The summed E-state index contributed by atoms with van der Waals surface area (Å²) < 4.78 is 1.83. The minimum absolute atomic E-state index is 1.35. The Kier molecular flexibility index (Phi) is 2.28. The first-order chi connectivity index (χ1) is 5.59. The van der Waals surface area contributed by atoms with Crippen LogP contribution in [0.4, 0.5) is 0 Å². The fourth-order valence-electron chi connectivity index (χ4n) is 1.99. The van der Waals surface area contributed by atoms with E-state index < -0.39 is 18.4 Å². The molecule has 0 aliphatic heterocycles. The van der Waals surface area contributed by atoms with Gasteiger partial charge in [-0.15, -0.1) is 0 Å². The predicted octanol–water partition coefficient (Wildman–Crippen LogP) is 2.78. The number of rotatable bonds is 1. The van der Waals surface area contributed by atoms with Crippen LogP contribution in [0.3, 0.4) is 0 Å². The van der Waals surface area contributed by atoms with Crippen LogP contribution in [-0.2, 0) is 12.8 Å². The van der Waals surface area contributed by atoms with Gasteiger partial charge in [0.25, 0.3) is 0 Å². The van der Waals surface area contributed by atoms with E-state index in [1.807, 2.05) is 2.89 Å². The van der Waals surface area contributed by atoms with Gasteiger partial charge in [0.1, 0.15) is 0 Å². The van der Waals surface area contributed by atoms with Crippen molar-refractivity contribution in [1.29, 1.82) is 0 Å². The van der Waals surface area contributed by atoms with E-state index in [4.69, 9.17) is 0 Å². The molecule has 0 radical (unpaired) electrons. The zero-order chi connectivity index (χ0) is 8.77. The zero-order valence-corrected chi connectivity index (χ0v) is 11.8. The van der Waals surface area contributed by atoms with Gasteiger partial charge in [0.05, 0.1) is 0 Å². The fraction of sp³-hybridized carbons (Fsp3) is 0.600. The molecule has 12 heavy (non-hydrogen) atoms. The normalized spacial score (nSPS) is 16.6. The molecule has 1 aromatic rings. The standard InChI is InChI=1S/C7H7S.3CH3.Sn/c1-2-6-4-8-5-7(6)3-1;;;;/h4H,1-3H2;3*1H3;. The topological polar surface area (TPSA) is 0 Å². The SMILES string of the molecule is [CH3][Sn]([CH3])([CH3])[c]1scc2c1CCC2. The van der Waals surface area contributed by atoms with E-state index in [1.54, 1.807) is 11.1 Å². The van der Waals surface area contributed by atoms with Crippen LogP contribution >= 0.6 is 11.3 Å². The first kappa shape index (κ1) is 9.07. The monoisotopic (exact) mass is 288 g/mol. The predicted molar refractivity (Wildman–Crippen MR) is 59.3 cm³/mol. The van der Waals surface area contributed by atoms with Crippen LogP contribution < -0.4 is 2.89 Å². The Bertz CT molecular complexity index is 293. The molecule has 0 spiro atoms. The van der Waals surface area contributed by atoms with Gasteiger partial charge in [0, 0.05) is 0 Å². The van der Waals surface area contributed by atoms with Crippen LogP contribution in [0, 0.1) is 0 Å². The van der Waals surface area contributed by atoms with Crippen LogP contribution in [0.5, 0.6) is 0 Å². The Morgan fingerprint density at radius 3 is 2.67 bits per heavy atom. The number of hydrogen-bond acceptors (Lipinski definition) is 1. The van der Waals surface area contributed by atoms with Gasteiger partial charge < -0.3 is 0 Å². The Morgan fingerprint density at radius 1 is 1.25 bits per heavy atom. The van der Waals surface area contributed by atoms with Gasteiger partial charge in [-0.1, -0.05) is 0 Å². The van der Waals surface area contributed by atoms with Gasteiger partial charge >= 0.3 is 83.2 Å². The summed E-state index contributed by atoms with van der Waals surface area (Å²) in [6, 6.07) is 0. The summed E-state index contributed by atoms with van der Waals surface area (Å²) >= 11 is 0.325. The Balaban J connectivity index is 2.46. The summed E-state index contributed by atoms with van der Waals surface area (Å²) in [7, 11) is 0. The molecule has 1 aliphatic carbocycles. The van der Waals surface area contributed by atoms with Gasteiger partial charge in [-0.05, 0) is 0 Å². The van der Waals surface area contributed by atoms with Crippen molar-refractivity contribution in [2.45, 2.75) is 34.1 Å². The van der Waals surface area contributed by atoms with Gasteiger partial charge in [-0.2, -0.15) is 0 Å². The van der Waals surface area contributed by atoms with Crippen LogP contribution in [0.15, 0.2) is 5.38 Å². The van der Waals surface area contributed by atoms with E-state index in [9.17, 15) is 0 Å². The van der Waals surface area contributed by atoms with E-state index >= 15 is 0 Å². The average molecular weight is 287 g/mol. The number of hydrogen-bond donors (Lipinski definition) is 0. The van der Waals surface area contributed by atoms with Crippen molar-refractivity contribution in [3.63, 3.8) is 0 Å². The van der Waals surface area contributed by atoms with Crippen molar-refractivity contribution in [2.75, 3.05) is 0 Å². The molecule has 0 nitrogen and oxygen atoms in total. The third-order valence-electron chi connectivity index (χ3n) is 2.53. The maximum absolute atomic E-state index is 2.53. The summed E-state index contributed by atoms with van der Waals surface area (Å²) in [4.78, 5) is 7.58. The summed E-state index contributed by atoms with van der Waals surface area (Å²) in [6.45, 7) is 0. The molecule has 66 valence electrons. The second-order valence-corrected chi connectivity index (χ2v) is 20.9. The molecule has 2 heteroatoms. The third kappa shape index (κ3) is 1.46. The summed E-state index contributed by atoms with van der Waals surface area (Å²) in [5, 5.41) is 2.42. The molecule has 0 saturated carbocycles. The van der Waals surface area contributed by atoms with Crippen LogP contribution in [0.2, 0.25) is 14.8 Å². The van der Waals surface area contributed by atoms with Gasteiger partial charge in [0.2, 0.25) is 0 Å². The molecule has 0 unspecified atom stereocenters. The van der Waals surface area contributed by atoms with Gasteiger partial charge in [-0.3, -0.25) is 0 Å². The molecule has 0 atom stereocenters. The molecule has 1 aliphatic rings. The maximum atomic E-state index is 2.53. The van der Waals surface area contributed by atoms with Crippen molar-refractivity contribution < 1.29 is 0 Å². The Morgan fingerprint density at radius 2 is 2.00 bits per heavy atom. The van der Waals surface area contributed by atoms with E-state index in [0.717, 1.165) is 0 Å². The molecular weight excluding hydrogens is 271 g/mol. The minimum atomic E-state index is -1.73. The van der Waals surface area contributed by atoms with E-state index in [1.165, 1.54) is 19.3 Å². The summed E-state index contributed by atoms with van der Waals surface area (Å²) in [5.74, 6) is 0. The molecule has 1 heterocycles. The van der Waals surface area contributed by atoms with Crippen molar-refractivity contribution in [2.24, 2.45) is 0 Å². The quantitative estimate of drug-likeness (QED) is 0.697. The molecule has 2 rings (SSSR count). The molecule has 0 N–H and O–H groups in total. The number of thiophene rings is 1. The van der Waals surface area contributed by atoms with Crippen molar-refractivity contribution in [3.05, 3.63) is 16.5 Å². The molecule has 0 aromatic carbocycles. The van der Waals surface area contributed by atoms with Gasteiger partial charge in [-0.25, -0.2) is 0 Å². The number of aryl methyl sites for hydroxylation is 1. The molecule has 0 saturated heterocycles. The second kappa shape index (κ2) is 3.02. The van der Waals surface area contributed by atoms with Gasteiger partial charge in [0.15, 0.2) is 0 Å². The van der Waals surface area contributed by atoms with E-state index in [-0.39, 0.29) is 0 Å². The van der Waals surface area contributed by atoms with Crippen molar-refractivity contribution in [3.8, 4) is 0 Å². The fourth-order valence-corrected chi connectivity index (χ4v) is 10.2. The zero-order valence-electron chi connectivity index (χ0n) is 8.11. The second-order valence-electron chi connectivity index (χ2n) is 4.67.